The van der Waals surface area contributed by atoms with Crippen LogP contribution in [0.25, 0.3) is 11.1 Å². The van der Waals surface area contributed by atoms with Gasteiger partial charge in [-0.05, 0) is 52.6 Å². The molecule has 1 spiro atoms. The number of thiazole rings is 1. The van der Waals surface area contributed by atoms with Crippen molar-refractivity contribution in [2.24, 2.45) is 0 Å². The van der Waals surface area contributed by atoms with E-state index in [0.717, 1.165) is 17.5 Å². The zero-order valence-electron chi connectivity index (χ0n) is 17.6. The largest absolute Gasteiger partial charge is 0.388 e. The Labute approximate surface area is 191 Å². The van der Waals surface area contributed by atoms with Gasteiger partial charge < -0.3 is 10.0 Å². The predicted molar refractivity (Wildman–Crippen MR) is 125 cm³/mol. The third kappa shape index (κ3) is 3.49. The van der Waals surface area contributed by atoms with Gasteiger partial charge in [-0.3, -0.25) is 4.79 Å². The minimum absolute atomic E-state index is 0.0783. The van der Waals surface area contributed by atoms with Gasteiger partial charge in [-0.1, -0.05) is 61.8 Å². The van der Waals surface area contributed by atoms with Crippen LogP contribution in [0.4, 0.5) is 0 Å². The van der Waals surface area contributed by atoms with Crippen molar-refractivity contribution in [1.29, 1.82) is 0 Å². The Morgan fingerprint density at radius 1 is 1.29 bits per heavy atom. The monoisotopic (exact) mass is 452 g/mol. The Bertz CT molecular complexity index is 1160. The molecule has 0 radical (unpaired) electrons. The molecule has 0 saturated carbocycles. The maximum absolute atomic E-state index is 12.9. The summed E-state index contributed by atoms with van der Waals surface area (Å²) in [7, 11) is 0. The summed E-state index contributed by atoms with van der Waals surface area (Å²) >= 11 is 7.19. The van der Waals surface area contributed by atoms with Gasteiger partial charge in [0.25, 0.3) is 5.91 Å². The minimum Gasteiger partial charge on any atom is -0.388 e. The zero-order valence-corrected chi connectivity index (χ0v) is 19.2. The van der Waals surface area contributed by atoms with Crippen molar-refractivity contribution < 1.29 is 9.90 Å². The third-order valence-electron chi connectivity index (χ3n) is 6.80. The second-order valence-corrected chi connectivity index (χ2v) is 10.4. The maximum atomic E-state index is 12.9. The molecule has 2 aromatic carbocycles. The molecule has 3 aromatic rings. The molecule has 5 rings (SSSR count). The number of rotatable bonds is 3. The van der Waals surface area contributed by atoms with E-state index in [-0.39, 0.29) is 11.3 Å². The SMILES string of the molecule is CC(C)c1ccccc1-c1ccc2c(c1)C(O)CC21CCN(C(=O)c2csc(Cl)n2)C1. The van der Waals surface area contributed by atoms with Crippen LogP contribution in [0.1, 0.15) is 65.9 Å². The number of nitrogens with zero attached hydrogens (tertiary/aromatic N) is 2. The van der Waals surface area contributed by atoms with E-state index in [1.54, 1.807) is 5.38 Å². The molecule has 1 amide bonds. The van der Waals surface area contributed by atoms with Crippen LogP contribution in [-0.4, -0.2) is 34.0 Å². The first-order valence-corrected chi connectivity index (χ1v) is 12.0. The Morgan fingerprint density at radius 3 is 2.84 bits per heavy atom. The first-order valence-electron chi connectivity index (χ1n) is 10.7. The fourth-order valence-electron chi connectivity index (χ4n) is 5.29. The summed E-state index contributed by atoms with van der Waals surface area (Å²) in [4.78, 5) is 18.9. The van der Waals surface area contributed by atoms with Crippen molar-refractivity contribution in [2.45, 2.75) is 44.1 Å². The van der Waals surface area contributed by atoms with Crippen LogP contribution in [0, 0.1) is 0 Å². The number of aliphatic hydroxyl groups excluding tert-OH is 1. The lowest BCUT2D eigenvalue weighted by Gasteiger charge is -2.25. The average Bonchev–Trinajstić information content (AvgIpc) is 3.46. The molecule has 0 bridgehead atoms. The highest BCUT2D eigenvalue weighted by atomic mass is 35.5. The number of hydrogen-bond acceptors (Lipinski definition) is 4. The number of carbonyl (C=O) groups excluding carboxylic acids is 1. The Balaban J connectivity index is 1.47. The fraction of sp³-hybridized carbons (Fsp3) is 0.360. The number of benzene rings is 2. The highest BCUT2D eigenvalue weighted by Crippen LogP contribution is 2.51. The second kappa shape index (κ2) is 7.73. The molecule has 1 N–H and O–H groups in total. The number of carbonyl (C=O) groups is 1. The molecule has 1 saturated heterocycles. The van der Waals surface area contributed by atoms with E-state index in [4.69, 9.17) is 11.6 Å². The maximum Gasteiger partial charge on any atom is 0.273 e. The summed E-state index contributed by atoms with van der Waals surface area (Å²) < 4.78 is 0.383. The topological polar surface area (TPSA) is 53.4 Å². The fourth-order valence-corrected chi connectivity index (χ4v) is 6.02. The Hall–Kier alpha value is -2.21. The van der Waals surface area contributed by atoms with Gasteiger partial charge in [-0.2, -0.15) is 0 Å². The first kappa shape index (κ1) is 20.7. The molecule has 31 heavy (non-hydrogen) atoms. The van der Waals surface area contributed by atoms with E-state index >= 15 is 0 Å². The van der Waals surface area contributed by atoms with Crippen LogP contribution in [0.5, 0.6) is 0 Å². The van der Waals surface area contributed by atoms with Crippen LogP contribution in [-0.2, 0) is 5.41 Å². The molecular weight excluding hydrogens is 428 g/mol. The smallest absolute Gasteiger partial charge is 0.273 e. The van der Waals surface area contributed by atoms with E-state index < -0.39 is 6.10 Å². The van der Waals surface area contributed by atoms with E-state index in [0.29, 0.717) is 35.6 Å². The summed E-state index contributed by atoms with van der Waals surface area (Å²) in [5, 5.41) is 12.7. The molecule has 2 atom stereocenters. The van der Waals surface area contributed by atoms with Gasteiger partial charge >= 0.3 is 0 Å². The molecule has 2 heterocycles. The van der Waals surface area contributed by atoms with Gasteiger partial charge in [0.2, 0.25) is 0 Å². The van der Waals surface area contributed by atoms with E-state index in [1.807, 2.05) is 4.90 Å². The van der Waals surface area contributed by atoms with Crippen LogP contribution >= 0.6 is 22.9 Å². The van der Waals surface area contributed by atoms with Crippen molar-refractivity contribution in [3.05, 3.63) is 74.7 Å². The molecule has 4 nitrogen and oxygen atoms in total. The highest BCUT2D eigenvalue weighted by molar-refractivity contribution is 7.14. The molecule has 2 aliphatic rings. The van der Waals surface area contributed by atoms with Crippen molar-refractivity contribution in [2.75, 3.05) is 13.1 Å². The summed E-state index contributed by atoms with van der Waals surface area (Å²) in [6.45, 7) is 5.68. The summed E-state index contributed by atoms with van der Waals surface area (Å²) in [5.74, 6) is 0.347. The molecule has 2 unspecified atom stereocenters. The van der Waals surface area contributed by atoms with Crippen LogP contribution in [0.2, 0.25) is 4.47 Å². The first-order chi connectivity index (χ1) is 14.9. The van der Waals surface area contributed by atoms with E-state index in [1.165, 1.54) is 28.0 Å². The van der Waals surface area contributed by atoms with E-state index in [2.05, 4.69) is 61.3 Å². The third-order valence-corrected chi connectivity index (χ3v) is 7.77. The number of fused-ring (bicyclic) bond motifs is 2. The Morgan fingerprint density at radius 2 is 2.10 bits per heavy atom. The molecule has 160 valence electrons. The van der Waals surface area contributed by atoms with Crippen molar-refractivity contribution in [3.8, 4) is 11.1 Å². The van der Waals surface area contributed by atoms with Gasteiger partial charge in [-0.15, -0.1) is 11.3 Å². The second-order valence-electron chi connectivity index (χ2n) is 9.01. The quantitative estimate of drug-likeness (QED) is 0.545. The van der Waals surface area contributed by atoms with Crippen LogP contribution in [0.3, 0.4) is 0 Å². The highest BCUT2D eigenvalue weighted by Gasteiger charge is 2.48. The molecule has 1 aliphatic carbocycles. The average molecular weight is 453 g/mol. The number of likely N-dealkylation sites (tertiary alicyclic amines) is 1. The molecule has 6 heteroatoms. The summed E-state index contributed by atoms with van der Waals surface area (Å²) in [6, 6.07) is 15.0. The molecular formula is C25H25ClN2O2S. The van der Waals surface area contributed by atoms with Gasteiger partial charge in [0.15, 0.2) is 4.47 Å². The van der Waals surface area contributed by atoms with Gasteiger partial charge in [0.05, 0.1) is 6.10 Å². The lowest BCUT2D eigenvalue weighted by Crippen LogP contribution is -2.33. The van der Waals surface area contributed by atoms with Gasteiger partial charge in [0.1, 0.15) is 5.69 Å². The van der Waals surface area contributed by atoms with Crippen molar-refractivity contribution in [3.63, 3.8) is 0 Å². The predicted octanol–water partition coefficient (Wildman–Crippen LogP) is 5.81. The Kier molecular flexibility index (Phi) is 5.16. The number of aliphatic hydroxyl groups is 1. The standard InChI is InChI=1S/C25H25ClN2O2S/c1-15(2)17-5-3-4-6-18(17)16-7-8-20-19(11-16)22(29)12-25(20)9-10-28(14-25)23(30)21-13-31-24(26)27-21/h3-8,11,13,15,22,29H,9-10,12,14H2,1-2H3. The van der Waals surface area contributed by atoms with Crippen molar-refractivity contribution in [1.82, 2.24) is 9.88 Å². The minimum atomic E-state index is -0.509. The summed E-state index contributed by atoms with van der Waals surface area (Å²) in [5.41, 5.74) is 6.06. The number of aromatic nitrogens is 1. The van der Waals surface area contributed by atoms with Crippen LogP contribution < -0.4 is 0 Å². The van der Waals surface area contributed by atoms with Crippen molar-refractivity contribution >= 4 is 28.8 Å². The number of hydrogen-bond donors (Lipinski definition) is 1. The lowest BCUT2D eigenvalue weighted by molar-refractivity contribution is 0.0771. The number of amides is 1. The van der Waals surface area contributed by atoms with Gasteiger partial charge in [0, 0.05) is 23.9 Å². The lowest BCUT2D eigenvalue weighted by atomic mass is 9.80. The zero-order chi connectivity index (χ0) is 21.8. The number of halogens is 1. The summed E-state index contributed by atoms with van der Waals surface area (Å²) in [6.07, 6.45) is 0.992. The van der Waals surface area contributed by atoms with E-state index in [9.17, 15) is 9.90 Å². The molecule has 1 aliphatic heterocycles. The normalized spacial score (nSPS) is 22.5. The molecule has 1 aromatic heterocycles. The van der Waals surface area contributed by atoms with Gasteiger partial charge in [-0.25, -0.2) is 4.98 Å². The van der Waals surface area contributed by atoms with Crippen LogP contribution in [0.15, 0.2) is 47.8 Å². The molecule has 1 fully saturated rings.